The molecule has 0 aliphatic rings. The van der Waals surface area contributed by atoms with Crippen molar-refractivity contribution >= 4 is 10.9 Å². The van der Waals surface area contributed by atoms with Crippen LogP contribution in [0.1, 0.15) is 18.2 Å². The Bertz CT molecular complexity index is 551. The Morgan fingerprint density at radius 3 is 2.72 bits per heavy atom. The molecular weight excluding hydrogens is 224 g/mol. The topological polar surface area (TPSA) is 48.1 Å². The quantitative estimate of drug-likeness (QED) is 0.899. The molecule has 2 aromatic rings. The summed E-state index contributed by atoms with van der Waals surface area (Å²) < 4.78 is 5.46. The number of hydrogen-bond donors (Lipinski definition) is 1. The molecule has 0 saturated heterocycles. The summed E-state index contributed by atoms with van der Waals surface area (Å²) in [6, 6.07) is 8.17. The van der Waals surface area contributed by atoms with Gasteiger partial charge in [0.1, 0.15) is 5.75 Å². The van der Waals surface area contributed by atoms with Gasteiger partial charge in [-0.25, -0.2) is 0 Å². The zero-order valence-corrected chi connectivity index (χ0v) is 11.2. The van der Waals surface area contributed by atoms with Crippen LogP contribution in [0.4, 0.5) is 0 Å². The van der Waals surface area contributed by atoms with E-state index in [9.17, 15) is 0 Å². The predicted octanol–water partition coefficient (Wildman–Crippen LogP) is 2.69. The Balaban J connectivity index is 2.57. The molecule has 18 heavy (non-hydrogen) atoms. The third-order valence-corrected chi connectivity index (χ3v) is 3.25. The summed E-state index contributed by atoms with van der Waals surface area (Å²) in [4.78, 5) is 4.56. The van der Waals surface area contributed by atoms with E-state index in [1.54, 1.807) is 7.11 Å². The molecule has 96 valence electrons. The monoisotopic (exact) mass is 244 g/mol. The van der Waals surface area contributed by atoms with Crippen LogP contribution in [-0.4, -0.2) is 18.6 Å². The van der Waals surface area contributed by atoms with E-state index in [1.807, 2.05) is 25.1 Å². The third kappa shape index (κ3) is 2.46. The van der Waals surface area contributed by atoms with Gasteiger partial charge in [-0.2, -0.15) is 0 Å². The van der Waals surface area contributed by atoms with E-state index < -0.39 is 0 Å². The number of ether oxygens (including phenoxy) is 1. The highest BCUT2D eigenvalue weighted by Gasteiger charge is 2.12. The molecule has 1 unspecified atom stereocenters. The maximum absolute atomic E-state index is 5.72. The molecule has 1 heterocycles. The molecule has 0 saturated carbocycles. The van der Waals surface area contributed by atoms with Gasteiger partial charge in [0, 0.05) is 16.6 Å². The van der Waals surface area contributed by atoms with Crippen LogP contribution in [-0.2, 0) is 6.42 Å². The first-order valence-corrected chi connectivity index (χ1v) is 6.29. The molecule has 3 nitrogen and oxygen atoms in total. The van der Waals surface area contributed by atoms with Gasteiger partial charge in [0.15, 0.2) is 0 Å². The van der Waals surface area contributed by atoms with Gasteiger partial charge in [0.2, 0.25) is 0 Å². The third-order valence-electron chi connectivity index (χ3n) is 3.25. The number of hydrogen-bond acceptors (Lipinski definition) is 3. The Morgan fingerprint density at radius 2 is 2.06 bits per heavy atom. The highest BCUT2D eigenvalue weighted by atomic mass is 16.5. The van der Waals surface area contributed by atoms with Crippen molar-refractivity contribution in [3.8, 4) is 5.75 Å². The van der Waals surface area contributed by atoms with Crippen LogP contribution in [0.5, 0.6) is 5.75 Å². The van der Waals surface area contributed by atoms with E-state index in [4.69, 9.17) is 10.5 Å². The number of nitrogens with zero attached hydrogens (tertiary/aromatic N) is 1. The summed E-state index contributed by atoms with van der Waals surface area (Å²) in [6.07, 6.45) is 0.918. The zero-order chi connectivity index (χ0) is 13.1. The fraction of sp³-hybridized carbons (Fsp3) is 0.400. The first kappa shape index (κ1) is 12.8. The molecular formula is C15H20N2O. The molecule has 0 aliphatic carbocycles. The molecule has 0 amide bonds. The van der Waals surface area contributed by atoms with Crippen molar-refractivity contribution < 1.29 is 4.74 Å². The van der Waals surface area contributed by atoms with Crippen LogP contribution in [0.25, 0.3) is 10.9 Å². The maximum atomic E-state index is 5.72. The van der Waals surface area contributed by atoms with E-state index in [-0.39, 0.29) is 0 Å². The lowest BCUT2D eigenvalue weighted by Gasteiger charge is -2.15. The van der Waals surface area contributed by atoms with Crippen molar-refractivity contribution in [2.75, 3.05) is 13.7 Å². The van der Waals surface area contributed by atoms with E-state index in [0.29, 0.717) is 12.5 Å². The fourth-order valence-electron chi connectivity index (χ4n) is 2.18. The van der Waals surface area contributed by atoms with Gasteiger partial charge in [-0.1, -0.05) is 13.0 Å². The molecule has 0 spiro atoms. The molecule has 2 rings (SSSR count). The number of methoxy groups -OCH3 is 1. The predicted molar refractivity (Wildman–Crippen MR) is 75.0 cm³/mol. The van der Waals surface area contributed by atoms with Crippen LogP contribution in [0.3, 0.4) is 0 Å². The van der Waals surface area contributed by atoms with Gasteiger partial charge < -0.3 is 10.5 Å². The van der Waals surface area contributed by atoms with Gasteiger partial charge in [-0.15, -0.1) is 0 Å². The van der Waals surface area contributed by atoms with Crippen molar-refractivity contribution in [3.05, 3.63) is 35.5 Å². The Labute approximate surface area is 108 Å². The smallest absolute Gasteiger partial charge is 0.122 e. The van der Waals surface area contributed by atoms with Crippen molar-refractivity contribution in [1.82, 2.24) is 4.98 Å². The van der Waals surface area contributed by atoms with Crippen molar-refractivity contribution in [2.24, 2.45) is 11.7 Å². The molecule has 1 atom stereocenters. The van der Waals surface area contributed by atoms with Gasteiger partial charge >= 0.3 is 0 Å². The molecule has 0 aliphatic heterocycles. The van der Waals surface area contributed by atoms with Crippen LogP contribution in [0.2, 0.25) is 0 Å². The fourth-order valence-corrected chi connectivity index (χ4v) is 2.18. The largest absolute Gasteiger partial charge is 0.496 e. The number of benzene rings is 1. The van der Waals surface area contributed by atoms with Crippen molar-refractivity contribution in [1.29, 1.82) is 0 Å². The first-order chi connectivity index (χ1) is 8.65. The standard InChI is InChI=1S/C15H20N2O/c1-10(9-16)8-13-12-5-4-11(2)17-14(12)6-7-15(13)18-3/h4-7,10H,8-9,16H2,1-3H3. The molecule has 0 radical (unpaired) electrons. The summed E-state index contributed by atoms with van der Waals surface area (Å²) in [5.41, 5.74) is 8.99. The molecule has 0 fully saturated rings. The minimum absolute atomic E-state index is 0.436. The Kier molecular flexibility index (Phi) is 3.82. The van der Waals surface area contributed by atoms with Gasteiger partial charge in [-0.05, 0) is 44.0 Å². The van der Waals surface area contributed by atoms with Crippen molar-refractivity contribution in [3.63, 3.8) is 0 Å². The molecule has 1 aromatic heterocycles. The minimum Gasteiger partial charge on any atom is -0.496 e. The van der Waals surface area contributed by atoms with Crippen LogP contribution < -0.4 is 10.5 Å². The number of aromatic nitrogens is 1. The van der Waals surface area contributed by atoms with E-state index in [2.05, 4.69) is 18.0 Å². The summed E-state index contributed by atoms with van der Waals surface area (Å²) in [5.74, 6) is 1.36. The second-order valence-corrected chi connectivity index (χ2v) is 4.81. The number of fused-ring (bicyclic) bond motifs is 1. The average Bonchev–Trinajstić information content (AvgIpc) is 2.38. The number of rotatable bonds is 4. The lowest BCUT2D eigenvalue weighted by Crippen LogP contribution is -2.14. The maximum Gasteiger partial charge on any atom is 0.122 e. The normalized spacial score (nSPS) is 12.7. The number of aryl methyl sites for hydroxylation is 1. The van der Waals surface area contributed by atoms with E-state index in [0.717, 1.165) is 23.4 Å². The number of nitrogens with two attached hydrogens (primary N) is 1. The zero-order valence-electron chi connectivity index (χ0n) is 11.2. The van der Waals surface area contributed by atoms with Crippen LogP contribution in [0.15, 0.2) is 24.3 Å². The van der Waals surface area contributed by atoms with E-state index >= 15 is 0 Å². The van der Waals surface area contributed by atoms with Gasteiger partial charge in [0.25, 0.3) is 0 Å². The van der Waals surface area contributed by atoms with Gasteiger partial charge in [-0.3, -0.25) is 4.98 Å². The lowest BCUT2D eigenvalue weighted by atomic mass is 9.96. The van der Waals surface area contributed by atoms with E-state index in [1.165, 1.54) is 10.9 Å². The first-order valence-electron chi connectivity index (χ1n) is 6.29. The van der Waals surface area contributed by atoms with Crippen LogP contribution in [0, 0.1) is 12.8 Å². The molecule has 1 aromatic carbocycles. The van der Waals surface area contributed by atoms with Gasteiger partial charge in [0.05, 0.1) is 12.6 Å². The molecule has 2 N–H and O–H groups in total. The summed E-state index contributed by atoms with van der Waals surface area (Å²) in [5, 5.41) is 1.17. The lowest BCUT2D eigenvalue weighted by molar-refractivity contribution is 0.407. The number of pyridine rings is 1. The van der Waals surface area contributed by atoms with Crippen molar-refractivity contribution in [2.45, 2.75) is 20.3 Å². The second-order valence-electron chi connectivity index (χ2n) is 4.81. The Hall–Kier alpha value is -1.61. The average molecular weight is 244 g/mol. The second kappa shape index (κ2) is 5.36. The summed E-state index contributed by atoms with van der Waals surface area (Å²) in [6.45, 7) is 4.84. The highest BCUT2D eigenvalue weighted by Crippen LogP contribution is 2.29. The molecule has 3 heteroatoms. The Morgan fingerprint density at radius 1 is 1.28 bits per heavy atom. The minimum atomic E-state index is 0.436. The summed E-state index contributed by atoms with van der Waals surface area (Å²) >= 11 is 0. The highest BCUT2D eigenvalue weighted by molar-refractivity contribution is 5.84. The van der Waals surface area contributed by atoms with Crippen LogP contribution >= 0.6 is 0 Å². The SMILES string of the molecule is COc1ccc2nc(C)ccc2c1CC(C)CN. The molecule has 0 bridgehead atoms. The summed E-state index contributed by atoms with van der Waals surface area (Å²) in [7, 11) is 1.71.